The Morgan fingerprint density at radius 3 is 2.85 bits per heavy atom. The summed E-state index contributed by atoms with van der Waals surface area (Å²) >= 11 is 0. The van der Waals surface area contributed by atoms with Gasteiger partial charge in [-0.3, -0.25) is 0 Å². The van der Waals surface area contributed by atoms with Crippen molar-refractivity contribution in [2.24, 2.45) is 23.2 Å². The summed E-state index contributed by atoms with van der Waals surface area (Å²) in [5, 5.41) is 9.71. The molecule has 1 aromatic rings. The number of aryl methyl sites for hydroxylation is 1. The zero-order valence-electron chi connectivity index (χ0n) is 12.7. The van der Waals surface area contributed by atoms with Gasteiger partial charge < -0.3 is 5.11 Å². The molecule has 0 saturated heterocycles. The molecule has 0 bridgehead atoms. The van der Waals surface area contributed by atoms with E-state index in [0.717, 1.165) is 23.7 Å². The first-order valence-electron chi connectivity index (χ1n) is 8.41. The van der Waals surface area contributed by atoms with Gasteiger partial charge in [0.05, 0.1) is 0 Å². The van der Waals surface area contributed by atoms with Gasteiger partial charge in [-0.1, -0.05) is 19.9 Å². The predicted molar refractivity (Wildman–Crippen MR) is 81.9 cm³/mol. The highest BCUT2D eigenvalue weighted by Gasteiger charge is 2.53. The van der Waals surface area contributed by atoms with E-state index >= 15 is 0 Å². The Morgan fingerprint density at radius 2 is 2.00 bits per heavy atom. The number of phenolic OH excluding ortho intramolecular Hbond substituents is 1. The molecule has 4 rings (SSSR count). The van der Waals surface area contributed by atoms with Gasteiger partial charge in [-0.05, 0) is 90.9 Å². The summed E-state index contributed by atoms with van der Waals surface area (Å²) in [5.41, 5.74) is 3.58. The summed E-state index contributed by atoms with van der Waals surface area (Å²) in [6, 6.07) is 6.12. The molecular weight excluding hydrogens is 244 g/mol. The Hall–Kier alpha value is -0.980. The van der Waals surface area contributed by atoms with Crippen molar-refractivity contribution < 1.29 is 5.11 Å². The molecule has 1 heteroatoms. The summed E-state index contributed by atoms with van der Waals surface area (Å²) in [6.07, 6.45) is 8.17. The van der Waals surface area contributed by atoms with Crippen molar-refractivity contribution in [2.45, 2.75) is 58.3 Å². The van der Waals surface area contributed by atoms with Gasteiger partial charge in [-0.2, -0.15) is 0 Å². The fraction of sp³-hybridized carbons (Fsp3) is 0.684. The van der Waals surface area contributed by atoms with Crippen molar-refractivity contribution in [3.05, 3.63) is 29.3 Å². The van der Waals surface area contributed by atoms with Crippen LogP contribution >= 0.6 is 0 Å². The van der Waals surface area contributed by atoms with E-state index in [4.69, 9.17) is 0 Å². The number of hydrogen-bond acceptors (Lipinski definition) is 1. The second-order valence-corrected chi connectivity index (χ2v) is 7.82. The largest absolute Gasteiger partial charge is 0.508 e. The molecule has 0 amide bonds. The molecule has 20 heavy (non-hydrogen) atoms. The third-order valence-electron chi connectivity index (χ3n) is 7.18. The van der Waals surface area contributed by atoms with Gasteiger partial charge in [0.15, 0.2) is 0 Å². The van der Waals surface area contributed by atoms with E-state index in [2.05, 4.69) is 19.9 Å². The highest BCUT2D eigenvalue weighted by Crippen LogP contribution is 2.62. The van der Waals surface area contributed by atoms with E-state index < -0.39 is 0 Å². The molecule has 1 nitrogen and oxygen atoms in total. The van der Waals surface area contributed by atoms with Gasteiger partial charge >= 0.3 is 0 Å². The third-order valence-corrected chi connectivity index (χ3v) is 7.18. The first-order chi connectivity index (χ1) is 9.59. The van der Waals surface area contributed by atoms with Crippen LogP contribution in [0.3, 0.4) is 0 Å². The second-order valence-electron chi connectivity index (χ2n) is 7.82. The van der Waals surface area contributed by atoms with Crippen LogP contribution in [0.1, 0.15) is 63.0 Å². The monoisotopic (exact) mass is 270 g/mol. The molecule has 1 N–H and O–H groups in total. The number of phenols is 1. The van der Waals surface area contributed by atoms with E-state index in [0.29, 0.717) is 11.2 Å². The summed E-state index contributed by atoms with van der Waals surface area (Å²) in [7, 11) is 0. The topological polar surface area (TPSA) is 20.2 Å². The lowest BCUT2D eigenvalue weighted by Gasteiger charge is -2.50. The number of hydrogen-bond donors (Lipinski definition) is 1. The SMILES string of the molecule is C[C@H]1CC[C@H]2[C@H]3CCc4cc(O)ccc4[C@@H]3CC[C@]12C. The Kier molecular flexibility index (Phi) is 2.71. The van der Waals surface area contributed by atoms with Crippen LogP contribution in [0.15, 0.2) is 18.2 Å². The van der Waals surface area contributed by atoms with Crippen LogP contribution in [0, 0.1) is 23.2 Å². The van der Waals surface area contributed by atoms with Gasteiger partial charge in [-0.15, -0.1) is 0 Å². The summed E-state index contributed by atoms with van der Waals surface area (Å²) in [4.78, 5) is 0. The third kappa shape index (κ3) is 1.61. The van der Waals surface area contributed by atoms with Gasteiger partial charge in [0.1, 0.15) is 5.75 Å². The van der Waals surface area contributed by atoms with E-state index in [1.807, 2.05) is 12.1 Å². The zero-order valence-corrected chi connectivity index (χ0v) is 12.7. The van der Waals surface area contributed by atoms with Crippen LogP contribution in [0.2, 0.25) is 0 Å². The van der Waals surface area contributed by atoms with E-state index in [1.54, 1.807) is 5.56 Å². The molecule has 0 unspecified atom stereocenters. The quantitative estimate of drug-likeness (QED) is 0.712. The van der Waals surface area contributed by atoms with E-state index in [1.165, 1.54) is 44.1 Å². The number of rotatable bonds is 0. The molecule has 3 aliphatic carbocycles. The average molecular weight is 270 g/mol. The van der Waals surface area contributed by atoms with Crippen LogP contribution in [0.4, 0.5) is 0 Å². The molecule has 5 atom stereocenters. The number of benzene rings is 1. The standard InChI is InChI=1S/C19H26O/c1-12-3-8-18-17-6-4-13-11-14(20)5-7-15(13)16(17)9-10-19(12,18)2/h5,7,11-12,16-18,20H,3-4,6,8-10H2,1-2H3/t12-,16-,17-,18-,19+/m0/s1. The van der Waals surface area contributed by atoms with Crippen LogP contribution in [-0.2, 0) is 6.42 Å². The number of fused-ring (bicyclic) bond motifs is 5. The lowest BCUT2D eigenvalue weighted by Crippen LogP contribution is -2.41. The van der Waals surface area contributed by atoms with Crippen LogP contribution in [-0.4, -0.2) is 5.11 Å². The minimum absolute atomic E-state index is 0.442. The van der Waals surface area contributed by atoms with Crippen molar-refractivity contribution in [1.82, 2.24) is 0 Å². The molecule has 1 aromatic carbocycles. The first kappa shape index (κ1) is 12.7. The maximum Gasteiger partial charge on any atom is 0.115 e. The van der Waals surface area contributed by atoms with Crippen molar-refractivity contribution >= 4 is 0 Å². The molecule has 0 aromatic heterocycles. The minimum atomic E-state index is 0.442. The number of aromatic hydroxyl groups is 1. The molecule has 3 aliphatic rings. The summed E-state index contributed by atoms with van der Waals surface area (Å²) < 4.78 is 0. The highest BCUT2D eigenvalue weighted by molar-refractivity contribution is 5.40. The smallest absolute Gasteiger partial charge is 0.115 e. The molecule has 108 valence electrons. The Bertz CT molecular complexity index is 535. The molecule has 2 fully saturated rings. The normalized spacial score (nSPS) is 42.7. The van der Waals surface area contributed by atoms with Crippen molar-refractivity contribution in [2.75, 3.05) is 0 Å². The maximum atomic E-state index is 9.71. The van der Waals surface area contributed by atoms with Crippen LogP contribution in [0.25, 0.3) is 0 Å². The highest BCUT2D eigenvalue weighted by atomic mass is 16.3. The second kappa shape index (κ2) is 4.26. The zero-order chi connectivity index (χ0) is 13.9. The lowest BCUT2D eigenvalue weighted by atomic mass is 9.54. The first-order valence-corrected chi connectivity index (χ1v) is 8.41. The lowest BCUT2D eigenvalue weighted by molar-refractivity contribution is 0.0336. The Labute approximate surface area is 122 Å². The fourth-order valence-corrected chi connectivity index (χ4v) is 5.83. The molecule has 2 saturated carbocycles. The Balaban J connectivity index is 1.71. The maximum absolute atomic E-state index is 9.71. The summed E-state index contributed by atoms with van der Waals surface area (Å²) in [6.45, 7) is 5.05. The Morgan fingerprint density at radius 1 is 1.15 bits per heavy atom. The molecular formula is C19H26O. The van der Waals surface area contributed by atoms with E-state index in [9.17, 15) is 5.11 Å². The minimum Gasteiger partial charge on any atom is -0.508 e. The van der Waals surface area contributed by atoms with Gasteiger partial charge in [0.25, 0.3) is 0 Å². The van der Waals surface area contributed by atoms with Gasteiger partial charge in [0, 0.05) is 0 Å². The van der Waals surface area contributed by atoms with Crippen molar-refractivity contribution in [1.29, 1.82) is 0 Å². The fourth-order valence-electron chi connectivity index (χ4n) is 5.83. The van der Waals surface area contributed by atoms with E-state index in [-0.39, 0.29) is 0 Å². The van der Waals surface area contributed by atoms with Gasteiger partial charge in [-0.25, -0.2) is 0 Å². The molecule has 0 aliphatic heterocycles. The molecule has 0 heterocycles. The van der Waals surface area contributed by atoms with Crippen molar-refractivity contribution in [3.63, 3.8) is 0 Å². The van der Waals surface area contributed by atoms with Crippen molar-refractivity contribution in [3.8, 4) is 5.75 Å². The predicted octanol–water partition coefficient (Wildman–Crippen LogP) is 4.88. The van der Waals surface area contributed by atoms with Crippen LogP contribution < -0.4 is 0 Å². The average Bonchev–Trinajstić information content (AvgIpc) is 2.74. The van der Waals surface area contributed by atoms with Gasteiger partial charge in [0.2, 0.25) is 0 Å². The molecule has 0 spiro atoms. The summed E-state index contributed by atoms with van der Waals surface area (Å²) in [5.74, 6) is 3.96. The molecule has 0 radical (unpaired) electrons. The van der Waals surface area contributed by atoms with Crippen LogP contribution in [0.5, 0.6) is 5.75 Å².